The smallest absolute Gasteiger partial charge is 0.292 e. The lowest BCUT2D eigenvalue weighted by atomic mass is 9.85. The van der Waals surface area contributed by atoms with Crippen LogP contribution in [0, 0.1) is 10.1 Å². The fourth-order valence-corrected chi connectivity index (χ4v) is 2.87. The van der Waals surface area contributed by atoms with Crippen molar-refractivity contribution in [3.05, 3.63) is 88.5 Å². The first kappa shape index (κ1) is 17.7. The van der Waals surface area contributed by atoms with Gasteiger partial charge in [0.25, 0.3) is 5.69 Å². The molecule has 0 fully saturated rings. The van der Waals surface area contributed by atoms with E-state index in [4.69, 9.17) is 0 Å². The highest BCUT2D eigenvalue weighted by molar-refractivity contribution is 5.83. The number of hydrogen-bond donors (Lipinski definition) is 1. The SMILES string of the molecule is CC(C)(C)c1ccc(-c2ccccc2)c(Nc2ccccc2[N+](=O)[O-])c1. The van der Waals surface area contributed by atoms with Crippen molar-refractivity contribution in [1.82, 2.24) is 0 Å². The van der Waals surface area contributed by atoms with Gasteiger partial charge in [-0.05, 0) is 28.7 Å². The van der Waals surface area contributed by atoms with Crippen molar-refractivity contribution in [1.29, 1.82) is 0 Å². The van der Waals surface area contributed by atoms with E-state index in [1.54, 1.807) is 18.2 Å². The van der Waals surface area contributed by atoms with Gasteiger partial charge in [-0.15, -0.1) is 0 Å². The van der Waals surface area contributed by atoms with E-state index in [1.807, 2.05) is 30.3 Å². The van der Waals surface area contributed by atoms with Crippen LogP contribution in [0.15, 0.2) is 72.8 Å². The Morgan fingerprint density at radius 3 is 2.15 bits per heavy atom. The van der Waals surface area contributed by atoms with Crippen LogP contribution in [-0.4, -0.2) is 4.92 Å². The van der Waals surface area contributed by atoms with Crippen molar-refractivity contribution in [3.63, 3.8) is 0 Å². The summed E-state index contributed by atoms with van der Waals surface area (Å²) in [7, 11) is 0. The van der Waals surface area contributed by atoms with E-state index in [1.165, 1.54) is 11.6 Å². The van der Waals surface area contributed by atoms with Crippen LogP contribution in [0.2, 0.25) is 0 Å². The molecular formula is C22H22N2O2. The molecule has 132 valence electrons. The van der Waals surface area contributed by atoms with Gasteiger partial charge in [-0.3, -0.25) is 10.1 Å². The minimum absolute atomic E-state index is 0.0196. The van der Waals surface area contributed by atoms with Gasteiger partial charge in [0.05, 0.1) is 4.92 Å². The molecule has 0 saturated heterocycles. The number of nitro benzene ring substituents is 1. The fraction of sp³-hybridized carbons (Fsp3) is 0.182. The normalized spacial score (nSPS) is 11.2. The first-order valence-corrected chi connectivity index (χ1v) is 8.56. The molecule has 0 radical (unpaired) electrons. The summed E-state index contributed by atoms with van der Waals surface area (Å²) in [6.45, 7) is 6.46. The van der Waals surface area contributed by atoms with E-state index >= 15 is 0 Å². The molecule has 0 aliphatic rings. The molecule has 0 bridgehead atoms. The minimum Gasteiger partial charge on any atom is -0.349 e. The molecular weight excluding hydrogens is 324 g/mol. The second-order valence-corrected chi connectivity index (χ2v) is 7.28. The molecule has 4 heteroatoms. The van der Waals surface area contributed by atoms with Gasteiger partial charge < -0.3 is 5.32 Å². The Balaban J connectivity index is 2.13. The zero-order chi connectivity index (χ0) is 18.7. The van der Waals surface area contributed by atoms with Gasteiger partial charge >= 0.3 is 0 Å². The standard InChI is InChI=1S/C22H22N2O2/c1-22(2,3)17-13-14-18(16-9-5-4-6-10-16)20(15-17)23-19-11-7-8-12-21(19)24(25)26/h4-15,23H,1-3H3. The Labute approximate surface area is 153 Å². The number of nitrogens with one attached hydrogen (secondary N) is 1. The number of hydrogen-bond acceptors (Lipinski definition) is 3. The molecule has 0 spiro atoms. The Hall–Kier alpha value is -3.14. The zero-order valence-corrected chi connectivity index (χ0v) is 15.2. The Kier molecular flexibility index (Phi) is 4.76. The lowest BCUT2D eigenvalue weighted by Crippen LogP contribution is -2.11. The lowest BCUT2D eigenvalue weighted by Gasteiger charge is -2.22. The Morgan fingerprint density at radius 2 is 1.50 bits per heavy atom. The summed E-state index contributed by atoms with van der Waals surface area (Å²) >= 11 is 0. The van der Waals surface area contributed by atoms with Crippen molar-refractivity contribution < 1.29 is 4.92 Å². The van der Waals surface area contributed by atoms with Gasteiger partial charge in [0.2, 0.25) is 0 Å². The average Bonchev–Trinajstić information content (AvgIpc) is 2.62. The van der Waals surface area contributed by atoms with Crippen LogP contribution in [0.25, 0.3) is 11.1 Å². The van der Waals surface area contributed by atoms with E-state index in [0.29, 0.717) is 5.69 Å². The molecule has 0 aromatic heterocycles. The highest BCUT2D eigenvalue weighted by Gasteiger charge is 2.18. The van der Waals surface area contributed by atoms with Crippen molar-refractivity contribution in [2.75, 3.05) is 5.32 Å². The third-order valence-corrected chi connectivity index (χ3v) is 4.34. The second-order valence-electron chi connectivity index (χ2n) is 7.28. The molecule has 1 N–H and O–H groups in total. The second kappa shape index (κ2) is 7.00. The topological polar surface area (TPSA) is 55.2 Å². The van der Waals surface area contributed by atoms with E-state index in [-0.39, 0.29) is 16.0 Å². The molecule has 3 aromatic rings. The van der Waals surface area contributed by atoms with Crippen LogP contribution in [-0.2, 0) is 5.41 Å². The quantitative estimate of drug-likeness (QED) is 0.445. The van der Waals surface area contributed by atoms with Crippen molar-refractivity contribution in [2.45, 2.75) is 26.2 Å². The summed E-state index contributed by atoms with van der Waals surface area (Å²) in [4.78, 5) is 11.0. The van der Waals surface area contributed by atoms with Crippen molar-refractivity contribution in [2.24, 2.45) is 0 Å². The fourth-order valence-electron chi connectivity index (χ4n) is 2.87. The van der Waals surface area contributed by atoms with Gasteiger partial charge in [-0.25, -0.2) is 0 Å². The number of benzene rings is 3. The zero-order valence-electron chi connectivity index (χ0n) is 15.2. The van der Waals surface area contributed by atoms with Gasteiger partial charge in [0, 0.05) is 17.3 Å². The summed E-state index contributed by atoms with van der Waals surface area (Å²) in [6.07, 6.45) is 0. The van der Waals surface area contributed by atoms with Crippen LogP contribution < -0.4 is 5.32 Å². The number of para-hydroxylation sites is 2. The monoisotopic (exact) mass is 346 g/mol. The van der Waals surface area contributed by atoms with Crippen LogP contribution >= 0.6 is 0 Å². The van der Waals surface area contributed by atoms with Crippen molar-refractivity contribution in [3.8, 4) is 11.1 Å². The summed E-state index contributed by atoms with van der Waals surface area (Å²) in [6, 6.07) is 23.0. The predicted molar refractivity (Wildman–Crippen MR) is 107 cm³/mol. The highest BCUT2D eigenvalue weighted by atomic mass is 16.6. The number of nitro groups is 1. The van der Waals surface area contributed by atoms with E-state index in [9.17, 15) is 10.1 Å². The first-order chi connectivity index (χ1) is 12.4. The molecule has 0 atom stereocenters. The number of anilines is 2. The Morgan fingerprint density at radius 1 is 0.846 bits per heavy atom. The van der Waals surface area contributed by atoms with E-state index in [2.05, 4.69) is 44.3 Å². The summed E-state index contributed by atoms with van der Waals surface area (Å²) in [5, 5.41) is 14.7. The summed E-state index contributed by atoms with van der Waals surface area (Å²) in [5.41, 5.74) is 4.63. The molecule has 0 unspecified atom stereocenters. The molecule has 0 saturated carbocycles. The largest absolute Gasteiger partial charge is 0.349 e. The minimum atomic E-state index is -0.363. The number of nitrogens with zero attached hydrogens (tertiary/aromatic N) is 1. The van der Waals surface area contributed by atoms with Gasteiger partial charge in [0.15, 0.2) is 0 Å². The third kappa shape index (κ3) is 3.75. The van der Waals surface area contributed by atoms with Crippen LogP contribution in [0.3, 0.4) is 0 Å². The molecule has 0 aliphatic heterocycles. The summed E-state index contributed by atoms with van der Waals surface area (Å²) < 4.78 is 0. The highest BCUT2D eigenvalue weighted by Crippen LogP contribution is 2.36. The van der Waals surface area contributed by atoms with Crippen molar-refractivity contribution >= 4 is 17.1 Å². The molecule has 3 aromatic carbocycles. The first-order valence-electron chi connectivity index (χ1n) is 8.56. The molecule has 0 amide bonds. The lowest BCUT2D eigenvalue weighted by molar-refractivity contribution is -0.383. The van der Waals surface area contributed by atoms with Gasteiger partial charge in [0.1, 0.15) is 5.69 Å². The molecule has 3 rings (SSSR count). The van der Waals surface area contributed by atoms with Gasteiger partial charge in [-0.1, -0.05) is 75.4 Å². The molecule has 4 nitrogen and oxygen atoms in total. The average molecular weight is 346 g/mol. The van der Waals surface area contributed by atoms with E-state index in [0.717, 1.165) is 16.8 Å². The maximum Gasteiger partial charge on any atom is 0.292 e. The Bertz CT molecular complexity index is 928. The predicted octanol–water partition coefficient (Wildman–Crippen LogP) is 6.30. The third-order valence-electron chi connectivity index (χ3n) is 4.34. The van der Waals surface area contributed by atoms with Crippen LogP contribution in [0.5, 0.6) is 0 Å². The van der Waals surface area contributed by atoms with Gasteiger partial charge in [-0.2, -0.15) is 0 Å². The maximum atomic E-state index is 11.4. The summed E-state index contributed by atoms with van der Waals surface area (Å²) in [5.74, 6) is 0. The van der Waals surface area contributed by atoms with Crippen LogP contribution in [0.1, 0.15) is 26.3 Å². The number of rotatable bonds is 4. The maximum absolute atomic E-state index is 11.4. The van der Waals surface area contributed by atoms with E-state index < -0.39 is 0 Å². The van der Waals surface area contributed by atoms with Crippen LogP contribution in [0.4, 0.5) is 17.1 Å². The molecule has 0 aliphatic carbocycles. The molecule has 0 heterocycles. The molecule has 26 heavy (non-hydrogen) atoms.